The van der Waals surface area contributed by atoms with Crippen LogP contribution >= 0.6 is 0 Å². The lowest BCUT2D eigenvalue weighted by Crippen LogP contribution is -2.35. The number of aryl methyl sites for hydroxylation is 2. The molecule has 0 spiro atoms. The molecule has 0 bridgehead atoms. The monoisotopic (exact) mass is 412 g/mol. The fourth-order valence-corrected chi connectivity index (χ4v) is 3.20. The number of aromatic nitrogens is 1. The third kappa shape index (κ3) is 8.22. The van der Waals surface area contributed by atoms with Crippen molar-refractivity contribution in [1.82, 2.24) is 0 Å². The second-order valence-corrected chi connectivity index (χ2v) is 7.10. The van der Waals surface area contributed by atoms with Crippen LogP contribution in [0, 0.1) is 6.92 Å². The third-order valence-electron chi connectivity index (χ3n) is 4.91. The first-order valence-electron chi connectivity index (χ1n) is 11.1. The highest BCUT2D eigenvalue weighted by molar-refractivity contribution is 5.68. The molecule has 0 fully saturated rings. The summed E-state index contributed by atoms with van der Waals surface area (Å²) in [5, 5.41) is 0. The van der Waals surface area contributed by atoms with Gasteiger partial charge in [0.2, 0.25) is 5.69 Å². The van der Waals surface area contributed by atoms with E-state index in [1.165, 1.54) is 33.5 Å². The van der Waals surface area contributed by atoms with Crippen LogP contribution in [-0.2, 0) is 6.54 Å². The Morgan fingerprint density at radius 1 is 0.871 bits per heavy atom. The average Bonchev–Trinajstić information content (AvgIpc) is 2.82. The highest BCUT2D eigenvalue weighted by Crippen LogP contribution is 2.25. The Kier molecular flexibility index (Phi) is 12.3. The summed E-state index contributed by atoms with van der Waals surface area (Å²) in [5.74, 6) is 0. The molecule has 3 rings (SSSR count). The molecule has 162 valence electrons. The Morgan fingerprint density at radius 3 is 1.77 bits per heavy atom. The van der Waals surface area contributed by atoms with E-state index in [4.69, 9.17) is 0 Å². The first-order valence-corrected chi connectivity index (χ1v) is 11.1. The van der Waals surface area contributed by atoms with Gasteiger partial charge in [-0.15, -0.1) is 6.58 Å². The van der Waals surface area contributed by atoms with E-state index >= 15 is 0 Å². The van der Waals surface area contributed by atoms with Crippen LogP contribution in [0.4, 0.5) is 0 Å². The van der Waals surface area contributed by atoms with Crippen LogP contribution in [-0.4, -0.2) is 0 Å². The zero-order chi connectivity index (χ0) is 23.1. The molecular weight excluding hydrogens is 374 g/mol. The zero-order valence-electron chi connectivity index (χ0n) is 19.9. The summed E-state index contributed by atoms with van der Waals surface area (Å²) in [5.41, 5.74) is 7.75. The van der Waals surface area contributed by atoms with E-state index in [0.717, 1.165) is 13.0 Å². The SMILES string of the molecule is C=C/C(=C/C)CC.C=CC.CC[n+]1cc(-c2ccccc2)c(C)cc1-c1ccccc1. The first-order chi connectivity index (χ1) is 15.1. The normalized spacial score (nSPS) is 10.2. The predicted octanol–water partition coefficient (Wildman–Crippen LogP) is 8.36. The summed E-state index contributed by atoms with van der Waals surface area (Å²) in [6.45, 7) is 18.4. The van der Waals surface area contributed by atoms with Gasteiger partial charge in [0.25, 0.3) is 0 Å². The first kappa shape index (κ1) is 25.8. The van der Waals surface area contributed by atoms with Crippen LogP contribution in [0.2, 0.25) is 0 Å². The van der Waals surface area contributed by atoms with Crippen LogP contribution in [0.3, 0.4) is 0 Å². The highest BCUT2D eigenvalue weighted by Gasteiger charge is 2.16. The smallest absolute Gasteiger partial charge is 0.198 e. The number of hydrogen-bond donors (Lipinski definition) is 0. The Hall–Kier alpha value is -3.19. The number of rotatable bonds is 5. The lowest BCUT2D eigenvalue weighted by Gasteiger charge is -2.09. The third-order valence-corrected chi connectivity index (χ3v) is 4.91. The molecule has 1 heterocycles. The largest absolute Gasteiger partial charge is 0.212 e. The molecule has 1 nitrogen and oxygen atoms in total. The zero-order valence-corrected chi connectivity index (χ0v) is 19.9. The van der Waals surface area contributed by atoms with Gasteiger partial charge in [-0.25, -0.2) is 0 Å². The predicted molar refractivity (Wildman–Crippen MR) is 138 cm³/mol. The number of nitrogens with zero attached hydrogens (tertiary/aromatic N) is 1. The van der Waals surface area contributed by atoms with Crippen molar-refractivity contribution < 1.29 is 4.57 Å². The number of allylic oxidation sites excluding steroid dienone is 4. The van der Waals surface area contributed by atoms with E-state index in [1.54, 1.807) is 6.08 Å². The Balaban J connectivity index is 0.000000406. The summed E-state index contributed by atoms with van der Waals surface area (Å²) in [6, 6.07) is 23.5. The van der Waals surface area contributed by atoms with Crippen molar-refractivity contribution in [2.24, 2.45) is 0 Å². The van der Waals surface area contributed by atoms with Crippen LogP contribution in [0.25, 0.3) is 22.4 Å². The second kappa shape index (κ2) is 14.7. The molecule has 0 aliphatic rings. The lowest BCUT2D eigenvalue weighted by atomic mass is 10.00. The minimum absolute atomic E-state index is 0.963. The van der Waals surface area contributed by atoms with E-state index in [9.17, 15) is 0 Å². The minimum Gasteiger partial charge on any atom is -0.198 e. The van der Waals surface area contributed by atoms with E-state index in [1.807, 2.05) is 19.9 Å². The maximum Gasteiger partial charge on any atom is 0.212 e. The number of pyridine rings is 1. The van der Waals surface area contributed by atoms with Gasteiger partial charge in [-0.3, -0.25) is 0 Å². The van der Waals surface area contributed by atoms with Crippen molar-refractivity contribution in [2.45, 2.75) is 47.6 Å². The molecule has 0 atom stereocenters. The molecule has 0 saturated heterocycles. The average molecular weight is 413 g/mol. The van der Waals surface area contributed by atoms with Crippen LogP contribution in [0.1, 0.15) is 39.7 Å². The molecule has 0 aliphatic carbocycles. The molecular formula is C30H38N+. The van der Waals surface area contributed by atoms with E-state index in [-0.39, 0.29) is 0 Å². The fourth-order valence-electron chi connectivity index (χ4n) is 3.20. The summed E-state index contributed by atoms with van der Waals surface area (Å²) in [6.07, 6.45) is 9.08. The molecule has 1 aromatic heterocycles. The van der Waals surface area contributed by atoms with Crippen LogP contribution in [0.15, 0.2) is 110 Å². The second-order valence-electron chi connectivity index (χ2n) is 7.10. The Morgan fingerprint density at radius 2 is 1.39 bits per heavy atom. The summed E-state index contributed by atoms with van der Waals surface area (Å²) in [7, 11) is 0. The molecule has 0 amide bonds. The lowest BCUT2D eigenvalue weighted by molar-refractivity contribution is -0.682. The van der Waals surface area contributed by atoms with Gasteiger partial charge < -0.3 is 0 Å². The van der Waals surface area contributed by atoms with Crippen molar-refractivity contribution in [3.05, 3.63) is 115 Å². The maximum absolute atomic E-state index is 3.63. The molecule has 31 heavy (non-hydrogen) atoms. The molecule has 0 unspecified atom stereocenters. The Bertz CT molecular complexity index is 950. The molecule has 1 heteroatoms. The number of benzene rings is 2. The molecule has 0 saturated carbocycles. The van der Waals surface area contributed by atoms with Gasteiger partial charge in [0, 0.05) is 17.2 Å². The van der Waals surface area contributed by atoms with Gasteiger partial charge in [0.1, 0.15) is 6.54 Å². The van der Waals surface area contributed by atoms with E-state index in [2.05, 4.69) is 117 Å². The van der Waals surface area contributed by atoms with E-state index in [0.29, 0.717) is 0 Å². The van der Waals surface area contributed by atoms with Gasteiger partial charge in [0.15, 0.2) is 6.20 Å². The van der Waals surface area contributed by atoms with Crippen molar-refractivity contribution in [3.8, 4) is 22.4 Å². The standard InChI is InChI=1S/C20H20N.C7H12.C3H6/c1-3-21-15-19(17-10-6-4-7-11-17)16(2)14-20(21)18-12-8-5-9-13-18;1-4-7(5-2)6-3;1-3-2/h4-15H,3H2,1-2H3;4-5H,1,6H2,2-3H3;3H,1H2,2H3/q+1;;/b;7-5-;. The van der Waals surface area contributed by atoms with E-state index < -0.39 is 0 Å². The highest BCUT2D eigenvalue weighted by atomic mass is 14.9. The Labute approximate surface area is 190 Å². The summed E-state index contributed by atoms with van der Waals surface area (Å²) in [4.78, 5) is 0. The van der Waals surface area contributed by atoms with Crippen molar-refractivity contribution >= 4 is 0 Å². The molecule has 2 aromatic carbocycles. The van der Waals surface area contributed by atoms with Gasteiger partial charge in [-0.1, -0.05) is 85.8 Å². The minimum atomic E-state index is 0.963. The summed E-state index contributed by atoms with van der Waals surface area (Å²) >= 11 is 0. The van der Waals surface area contributed by atoms with Crippen LogP contribution in [0.5, 0.6) is 0 Å². The molecule has 0 aliphatic heterocycles. The topological polar surface area (TPSA) is 3.88 Å². The molecule has 0 radical (unpaired) electrons. The van der Waals surface area contributed by atoms with Crippen molar-refractivity contribution in [3.63, 3.8) is 0 Å². The van der Waals surface area contributed by atoms with Gasteiger partial charge in [0.05, 0.1) is 0 Å². The van der Waals surface area contributed by atoms with Crippen LogP contribution < -0.4 is 4.57 Å². The fraction of sp³-hybridized carbons (Fsp3) is 0.233. The molecule has 0 N–H and O–H groups in total. The quantitative estimate of drug-likeness (QED) is 0.225. The van der Waals surface area contributed by atoms with Gasteiger partial charge >= 0.3 is 0 Å². The maximum atomic E-state index is 3.63. The summed E-state index contributed by atoms with van der Waals surface area (Å²) < 4.78 is 2.32. The van der Waals surface area contributed by atoms with Crippen molar-refractivity contribution in [2.75, 3.05) is 0 Å². The van der Waals surface area contributed by atoms with Crippen molar-refractivity contribution in [1.29, 1.82) is 0 Å². The van der Waals surface area contributed by atoms with Gasteiger partial charge in [-0.05, 0) is 57.4 Å². The number of hydrogen-bond acceptors (Lipinski definition) is 0. The van der Waals surface area contributed by atoms with Gasteiger partial charge in [-0.2, -0.15) is 4.57 Å². The molecule has 3 aromatic rings.